The van der Waals surface area contributed by atoms with Crippen LogP contribution in [0.4, 0.5) is 0 Å². The molecule has 32 heavy (non-hydrogen) atoms. The first-order valence-corrected chi connectivity index (χ1v) is 10.5. The summed E-state index contributed by atoms with van der Waals surface area (Å²) in [4.78, 5) is 36.3. The standard InChI is InChI=1S/C23H27N5O4/c1-4-18-10-17(13-26-31)6-8-20(18)23(11-15(3)24,21-27-22(29)32-28-21)19-7-5-16(12-25-30)9-14(19)2/h5-10,15H,4,11-13,24H2,1-3H3,(H,27,28,29)/t15-,23?/m1/s1. The van der Waals surface area contributed by atoms with Gasteiger partial charge in [0.1, 0.15) is 13.1 Å². The Morgan fingerprint density at radius 2 is 1.72 bits per heavy atom. The molecule has 0 saturated heterocycles. The zero-order valence-electron chi connectivity index (χ0n) is 18.4. The topological polar surface area (TPSA) is 144 Å². The minimum atomic E-state index is -0.921. The third-order valence-corrected chi connectivity index (χ3v) is 5.73. The fraction of sp³-hybridized carbons (Fsp3) is 0.391. The van der Waals surface area contributed by atoms with Gasteiger partial charge in [-0.3, -0.25) is 9.51 Å². The molecule has 2 atom stereocenters. The number of H-pyrrole nitrogens is 1. The fourth-order valence-electron chi connectivity index (χ4n) is 4.52. The normalized spacial score (nSPS) is 14.0. The molecule has 0 aliphatic heterocycles. The van der Waals surface area contributed by atoms with Crippen molar-refractivity contribution < 1.29 is 4.52 Å². The van der Waals surface area contributed by atoms with Crippen molar-refractivity contribution in [3.05, 3.63) is 96.0 Å². The van der Waals surface area contributed by atoms with E-state index in [-0.39, 0.29) is 19.1 Å². The monoisotopic (exact) mass is 437 g/mol. The van der Waals surface area contributed by atoms with E-state index in [0.29, 0.717) is 18.7 Å². The number of nitrogens with two attached hydrogens (primary N) is 1. The molecule has 0 fully saturated rings. The molecule has 9 nitrogen and oxygen atoms in total. The van der Waals surface area contributed by atoms with Gasteiger partial charge >= 0.3 is 5.76 Å². The average molecular weight is 438 g/mol. The van der Waals surface area contributed by atoms with Crippen molar-refractivity contribution in [1.82, 2.24) is 10.1 Å². The molecule has 0 amide bonds. The second kappa shape index (κ2) is 9.78. The predicted octanol–water partition coefficient (Wildman–Crippen LogP) is 3.84. The lowest BCUT2D eigenvalue weighted by Crippen LogP contribution is -2.39. The van der Waals surface area contributed by atoms with Crippen molar-refractivity contribution in [2.45, 2.75) is 58.2 Å². The summed E-state index contributed by atoms with van der Waals surface area (Å²) in [6.07, 6.45) is 1.11. The second-order valence-electron chi connectivity index (χ2n) is 8.10. The number of nitrogens with one attached hydrogen (secondary N) is 1. The minimum Gasteiger partial charge on any atom is -0.328 e. The highest BCUT2D eigenvalue weighted by Crippen LogP contribution is 2.44. The lowest BCUT2D eigenvalue weighted by atomic mass is 9.66. The highest BCUT2D eigenvalue weighted by atomic mass is 16.5. The van der Waals surface area contributed by atoms with Crippen molar-refractivity contribution >= 4 is 0 Å². The molecule has 168 valence electrons. The molecule has 0 aliphatic carbocycles. The molecule has 3 aromatic rings. The van der Waals surface area contributed by atoms with Crippen LogP contribution in [0, 0.1) is 16.7 Å². The number of aryl methyl sites for hydroxylation is 2. The van der Waals surface area contributed by atoms with Gasteiger partial charge in [0.2, 0.25) is 0 Å². The van der Waals surface area contributed by atoms with Crippen molar-refractivity contribution in [2.75, 3.05) is 0 Å². The van der Waals surface area contributed by atoms with Crippen LogP contribution in [0.25, 0.3) is 0 Å². The Hall–Kier alpha value is -3.46. The van der Waals surface area contributed by atoms with E-state index in [1.807, 2.05) is 57.2 Å². The molecule has 0 radical (unpaired) electrons. The van der Waals surface area contributed by atoms with Crippen molar-refractivity contribution in [1.29, 1.82) is 0 Å². The van der Waals surface area contributed by atoms with E-state index in [1.165, 1.54) is 0 Å². The van der Waals surface area contributed by atoms with Crippen LogP contribution in [0.5, 0.6) is 0 Å². The molecular weight excluding hydrogens is 410 g/mol. The highest BCUT2D eigenvalue weighted by Gasteiger charge is 2.43. The van der Waals surface area contributed by atoms with Crippen molar-refractivity contribution in [2.24, 2.45) is 16.1 Å². The molecule has 1 unspecified atom stereocenters. The molecule has 0 aliphatic rings. The first kappa shape index (κ1) is 23.2. The summed E-state index contributed by atoms with van der Waals surface area (Å²) < 4.78 is 4.92. The van der Waals surface area contributed by atoms with E-state index < -0.39 is 11.2 Å². The maximum atomic E-state index is 12.0. The maximum absolute atomic E-state index is 12.0. The van der Waals surface area contributed by atoms with E-state index in [4.69, 9.17) is 10.3 Å². The van der Waals surface area contributed by atoms with E-state index in [1.54, 1.807) is 0 Å². The Kier molecular flexibility index (Phi) is 7.09. The molecule has 0 saturated carbocycles. The van der Waals surface area contributed by atoms with Crippen LogP contribution in [0.3, 0.4) is 0 Å². The second-order valence-corrected chi connectivity index (χ2v) is 8.10. The van der Waals surface area contributed by atoms with Crippen LogP contribution >= 0.6 is 0 Å². The Morgan fingerprint density at radius 3 is 2.22 bits per heavy atom. The van der Waals surface area contributed by atoms with Crippen LogP contribution in [-0.2, 0) is 24.9 Å². The van der Waals surface area contributed by atoms with Crippen LogP contribution < -0.4 is 11.5 Å². The summed E-state index contributed by atoms with van der Waals surface area (Å²) >= 11 is 0. The zero-order valence-corrected chi connectivity index (χ0v) is 18.4. The number of rotatable bonds is 10. The summed E-state index contributed by atoms with van der Waals surface area (Å²) in [5.74, 6) is -0.312. The Bertz CT molecular complexity index is 1170. The summed E-state index contributed by atoms with van der Waals surface area (Å²) in [5, 5.41) is 10.1. The van der Waals surface area contributed by atoms with E-state index in [9.17, 15) is 14.6 Å². The van der Waals surface area contributed by atoms with Gasteiger partial charge in [0.05, 0.1) is 5.41 Å². The third-order valence-electron chi connectivity index (χ3n) is 5.73. The van der Waals surface area contributed by atoms with E-state index in [2.05, 4.69) is 20.5 Å². The minimum absolute atomic E-state index is 0.0653. The third kappa shape index (κ3) is 4.43. The average Bonchev–Trinajstić information content (AvgIpc) is 3.19. The molecule has 0 bridgehead atoms. The summed E-state index contributed by atoms with van der Waals surface area (Å²) in [6.45, 7) is 5.98. The quantitative estimate of drug-likeness (QED) is 0.461. The molecular formula is C23H27N5O4. The number of benzene rings is 2. The molecule has 1 aromatic heterocycles. The van der Waals surface area contributed by atoms with Crippen molar-refractivity contribution in [3.8, 4) is 0 Å². The number of aromatic nitrogens is 2. The number of hydrogen-bond acceptors (Lipinski definition) is 8. The smallest absolute Gasteiger partial charge is 0.328 e. The van der Waals surface area contributed by atoms with Gasteiger partial charge in [-0.05, 0) is 60.1 Å². The molecule has 2 aromatic carbocycles. The van der Waals surface area contributed by atoms with Crippen LogP contribution in [0.15, 0.2) is 56.1 Å². The van der Waals surface area contributed by atoms with Crippen LogP contribution in [-0.4, -0.2) is 16.2 Å². The first-order valence-electron chi connectivity index (χ1n) is 10.5. The maximum Gasteiger partial charge on any atom is 0.438 e. The van der Waals surface area contributed by atoms with Crippen molar-refractivity contribution in [3.63, 3.8) is 0 Å². The number of nitroso groups, excluding NO2 is 2. The summed E-state index contributed by atoms with van der Waals surface area (Å²) in [6, 6.07) is 11.2. The predicted molar refractivity (Wildman–Crippen MR) is 121 cm³/mol. The van der Waals surface area contributed by atoms with Gasteiger partial charge < -0.3 is 5.73 Å². The van der Waals surface area contributed by atoms with Gasteiger partial charge in [0.15, 0.2) is 5.82 Å². The van der Waals surface area contributed by atoms with Gasteiger partial charge in [0, 0.05) is 6.04 Å². The van der Waals surface area contributed by atoms with Crippen LogP contribution in [0.2, 0.25) is 0 Å². The zero-order chi connectivity index (χ0) is 23.3. The van der Waals surface area contributed by atoms with Gasteiger partial charge in [0.25, 0.3) is 0 Å². The van der Waals surface area contributed by atoms with Gasteiger partial charge in [-0.25, -0.2) is 4.79 Å². The Labute approximate surface area is 185 Å². The molecule has 3 N–H and O–H groups in total. The SMILES string of the molecule is CCc1cc(CN=O)ccc1C(C[C@@H](C)N)(c1noc(=O)[nH]1)c1ccc(CN=O)cc1C. The lowest BCUT2D eigenvalue weighted by Gasteiger charge is -2.37. The number of nitrogens with zero attached hydrogens (tertiary/aromatic N) is 3. The summed E-state index contributed by atoms with van der Waals surface area (Å²) in [5.41, 5.74) is 10.7. The largest absolute Gasteiger partial charge is 0.438 e. The molecule has 0 spiro atoms. The first-order chi connectivity index (χ1) is 15.3. The van der Waals surface area contributed by atoms with Crippen LogP contribution in [0.1, 0.15) is 59.5 Å². The van der Waals surface area contributed by atoms with E-state index in [0.717, 1.165) is 33.4 Å². The fourth-order valence-corrected chi connectivity index (χ4v) is 4.52. The number of hydrogen-bond donors (Lipinski definition) is 2. The molecule has 1 heterocycles. The Morgan fingerprint density at radius 1 is 1.09 bits per heavy atom. The molecule has 3 rings (SSSR count). The molecule has 9 heteroatoms. The highest BCUT2D eigenvalue weighted by molar-refractivity contribution is 5.53. The Balaban J connectivity index is 2.39. The van der Waals surface area contributed by atoms with Gasteiger partial charge in [-0.15, -0.1) is 0 Å². The summed E-state index contributed by atoms with van der Waals surface area (Å²) in [7, 11) is 0. The number of aromatic amines is 1. The van der Waals surface area contributed by atoms with E-state index >= 15 is 0 Å². The lowest BCUT2D eigenvalue weighted by molar-refractivity contribution is 0.366. The van der Waals surface area contributed by atoms with Gasteiger partial charge in [-0.2, -0.15) is 9.81 Å². The van der Waals surface area contributed by atoms with Gasteiger partial charge in [-0.1, -0.05) is 58.8 Å².